The average Bonchev–Trinajstić information content (AvgIpc) is 2.75. The maximum Gasteiger partial charge on any atom is 0.193 e. The van der Waals surface area contributed by atoms with Crippen molar-refractivity contribution in [3.05, 3.63) is 17.7 Å². The second-order valence-electron chi connectivity index (χ2n) is 2.82. The van der Waals surface area contributed by atoms with E-state index in [-0.39, 0.29) is 0 Å². The molecule has 1 heterocycles. The average molecular weight is 149 g/mol. The lowest BCUT2D eigenvalue weighted by Crippen LogP contribution is -1.81. The molecule has 11 heavy (non-hydrogen) atoms. The number of fused-ring (bicyclic) bond motifs is 1. The van der Waals surface area contributed by atoms with E-state index in [1.807, 2.05) is 12.1 Å². The van der Waals surface area contributed by atoms with Gasteiger partial charge in [0.05, 0.1) is 5.69 Å². The summed E-state index contributed by atoms with van der Waals surface area (Å²) in [6.07, 6.45) is 2.24. The second kappa shape index (κ2) is 2.16. The Balaban J connectivity index is 2.33. The molecule has 0 spiro atoms. The SMILES string of the molecule is CCCc1ccc(N)c2c1O2. The van der Waals surface area contributed by atoms with Crippen molar-refractivity contribution in [3.63, 3.8) is 0 Å². The number of aryl methyl sites for hydroxylation is 1. The van der Waals surface area contributed by atoms with Crippen LogP contribution in [0.15, 0.2) is 12.1 Å². The molecule has 2 rings (SSSR count). The molecule has 0 bridgehead atoms. The van der Waals surface area contributed by atoms with Crippen LogP contribution >= 0.6 is 0 Å². The van der Waals surface area contributed by atoms with Gasteiger partial charge in [-0.25, -0.2) is 0 Å². The number of anilines is 1. The predicted octanol–water partition coefficient (Wildman–Crippen LogP) is 2.33. The molecule has 1 aliphatic rings. The highest BCUT2D eigenvalue weighted by atomic mass is 16.6. The van der Waals surface area contributed by atoms with Crippen LogP contribution in [0.1, 0.15) is 18.9 Å². The molecule has 58 valence electrons. The summed E-state index contributed by atoms with van der Waals surface area (Å²) >= 11 is 0. The Labute approximate surface area is 66.0 Å². The summed E-state index contributed by atoms with van der Waals surface area (Å²) in [5.41, 5.74) is 7.66. The van der Waals surface area contributed by atoms with Crippen molar-refractivity contribution in [1.29, 1.82) is 0 Å². The third kappa shape index (κ3) is 0.946. The van der Waals surface area contributed by atoms with Crippen LogP contribution in [0.2, 0.25) is 0 Å². The van der Waals surface area contributed by atoms with Gasteiger partial charge in [-0.1, -0.05) is 19.4 Å². The molecule has 1 aromatic carbocycles. The molecule has 0 fully saturated rings. The lowest BCUT2D eigenvalue weighted by atomic mass is 10.1. The number of benzene rings is 1. The summed E-state index contributed by atoms with van der Waals surface area (Å²) < 4.78 is 5.23. The minimum Gasteiger partial charge on any atom is -0.447 e. The van der Waals surface area contributed by atoms with Crippen molar-refractivity contribution in [1.82, 2.24) is 0 Å². The molecule has 0 atom stereocenters. The van der Waals surface area contributed by atoms with Crippen molar-refractivity contribution < 1.29 is 4.74 Å². The van der Waals surface area contributed by atoms with Crippen molar-refractivity contribution in [3.8, 4) is 11.5 Å². The van der Waals surface area contributed by atoms with Crippen molar-refractivity contribution in [2.75, 3.05) is 5.73 Å². The van der Waals surface area contributed by atoms with Crippen LogP contribution in [0.4, 0.5) is 5.69 Å². The number of hydrogen-bond acceptors (Lipinski definition) is 2. The van der Waals surface area contributed by atoms with Crippen molar-refractivity contribution in [2.45, 2.75) is 19.8 Å². The van der Waals surface area contributed by atoms with Crippen LogP contribution < -0.4 is 10.5 Å². The van der Waals surface area contributed by atoms with E-state index in [2.05, 4.69) is 6.92 Å². The molecule has 1 aromatic rings. The first-order chi connectivity index (χ1) is 5.33. The van der Waals surface area contributed by atoms with Gasteiger partial charge in [0, 0.05) is 0 Å². The standard InChI is InChI=1S/C9H11NO/c1-2-3-6-4-5-7(10)9-8(6)11-9/h4-5H,2-3,10H2,1H3. The molecular weight excluding hydrogens is 138 g/mol. The molecule has 0 saturated heterocycles. The lowest BCUT2D eigenvalue weighted by molar-refractivity contribution is 0.643. The van der Waals surface area contributed by atoms with Gasteiger partial charge in [-0.2, -0.15) is 0 Å². The number of nitrogens with two attached hydrogens (primary N) is 1. The van der Waals surface area contributed by atoms with E-state index in [0.29, 0.717) is 0 Å². The quantitative estimate of drug-likeness (QED) is 0.525. The lowest BCUT2D eigenvalue weighted by Gasteiger charge is -1.92. The minimum atomic E-state index is 0.764. The van der Waals surface area contributed by atoms with Gasteiger partial charge >= 0.3 is 0 Å². The Morgan fingerprint density at radius 3 is 2.91 bits per heavy atom. The first kappa shape index (κ1) is 6.53. The summed E-state index contributed by atoms with van der Waals surface area (Å²) in [5, 5.41) is 0. The highest BCUT2D eigenvalue weighted by Gasteiger charge is 2.26. The van der Waals surface area contributed by atoms with Crippen LogP contribution in [0, 0.1) is 0 Å². The Morgan fingerprint density at radius 1 is 1.36 bits per heavy atom. The zero-order chi connectivity index (χ0) is 7.84. The number of rotatable bonds is 2. The number of hydrogen-bond donors (Lipinski definition) is 1. The number of ether oxygens (including phenoxy) is 1. The van der Waals surface area contributed by atoms with E-state index >= 15 is 0 Å². The predicted molar refractivity (Wildman–Crippen MR) is 44.9 cm³/mol. The first-order valence-electron chi connectivity index (χ1n) is 3.92. The zero-order valence-corrected chi connectivity index (χ0v) is 6.55. The van der Waals surface area contributed by atoms with Gasteiger partial charge in [0.1, 0.15) is 0 Å². The molecule has 0 unspecified atom stereocenters. The van der Waals surface area contributed by atoms with Crippen LogP contribution in [-0.4, -0.2) is 0 Å². The number of nitrogen functional groups attached to an aromatic ring is 1. The van der Waals surface area contributed by atoms with Crippen LogP contribution in [0.25, 0.3) is 0 Å². The minimum absolute atomic E-state index is 0.764. The van der Waals surface area contributed by atoms with E-state index in [9.17, 15) is 0 Å². The normalized spacial score (nSPS) is 12.1. The molecule has 0 radical (unpaired) electrons. The maximum absolute atomic E-state index is 5.61. The van der Waals surface area contributed by atoms with Gasteiger partial charge in [0.15, 0.2) is 11.5 Å². The Kier molecular flexibility index (Phi) is 1.28. The van der Waals surface area contributed by atoms with Gasteiger partial charge in [-0.3, -0.25) is 0 Å². The fourth-order valence-corrected chi connectivity index (χ4v) is 1.29. The molecule has 0 aliphatic carbocycles. The molecule has 0 amide bonds. The van der Waals surface area contributed by atoms with Crippen LogP contribution in [0.5, 0.6) is 11.5 Å². The zero-order valence-electron chi connectivity index (χ0n) is 6.55. The molecular formula is C9H11NO. The van der Waals surface area contributed by atoms with Crippen molar-refractivity contribution in [2.24, 2.45) is 0 Å². The van der Waals surface area contributed by atoms with E-state index < -0.39 is 0 Å². The van der Waals surface area contributed by atoms with Gasteiger partial charge < -0.3 is 10.5 Å². The summed E-state index contributed by atoms with van der Waals surface area (Å²) in [6, 6.07) is 3.96. The van der Waals surface area contributed by atoms with E-state index in [1.54, 1.807) is 0 Å². The van der Waals surface area contributed by atoms with Crippen LogP contribution in [-0.2, 0) is 6.42 Å². The summed E-state index contributed by atoms with van der Waals surface area (Å²) in [5.74, 6) is 1.92. The van der Waals surface area contributed by atoms with Gasteiger partial charge in [0.2, 0.25) is 0 Å². The van der Waals surface area contributed by atoms with E-state index in [1.165, 1.54) is 5.56 Å². The van der Waals surface area contributed by atoms with E-state index in [0.717, 1.165) is 30.0 Å². The molecule has 2 nitrogen and oxygen atoms in total. The maximum atomic E-state index is 5.61. The van der Waals surface area contributed by atoms with Gasteiger partial charge in [-0.15, -0.1) is 0 Å². The Hall–Kier alpha value is -1.18. The summed E-state index contributed by atoms with van der Waals surface area (Å²) in [6.45, 7) is 2.16. The Bertz CT molecular complexity index is 294. The van der Waals surface area contributed by atoms with E-state index in [4.69, 9.17) is 10.5 Å². The second-order valence-corrected chi connectivity index (χ2v) is 2.82. The highest BCUT2D eigenvalue weighted by molar-refractivity contribution is 5.73. The monoisotopic (exact) mass is 149 g/mol. The molecule has 1 aliphatic heterocycles. The third-order valence-corrected chi connectivity index (χ3v) is 1.91. The Morgan fingerprint density at radius 2 is 2.18 bits per heavy atom. The molecule has 0 saturated carbocycles. The van der Waals surface area contributed by atoms with Gasteiger partial charge in [-0.05, 0) is 18.1 Å². The largest absolute Gasteiger partial charge is 0.447 e. The third-order valence-electron chi connectivity index (χ3n) is 1.91. The topological polar surface area (TPSA) is 38.5 Å². The smallest absolute Gasteiger partial charge is 0.193 e. The molecule has 0 aromatic heterocycles. The summed E-state index contributed by atoms with van der Waals surface area (Å²) in [4.78, 5) is 0. The molecule has 2 N–H and O–H groups in total. The van der Waals surface area contributed by atoms with Gasteiger partial charge in [0.25, 0.3) is 0 Å². The fourth-order valence-electron chi connectivity index (χ4n) is 1.29. The van der Waals surface area contributed by atoms with Crippen LogP contribution in [0.3, 0.4) is 0 Å². The first-order valence-corrected chi connectivity index (χ1v) is 3.92. The fraction of sp³-hybridized carbons (Fsp3) is 0.333. The summed E-state index contributed by atoms with van der Waals surface area (Å²) in [7, 11) is 0. The highest BCUT2D eigenvalue weighted by Crippen LogP contribution is 2.52. The molecule has 2 heteroatoms. The van der Waals surface area contributed by atoms with Crippen molar-refractivity contribution >= 4 is 5.69 Å².